The van der Waals surface area contributed by atoms with Crippen LogP contribution in [-0.4, -0.2) is 0 Å². The Morgan fingerprint density at radius 2 is 0.935 bits per heavy atom. The Morgan fingerprint density at radius 3 is 1.72 bits per heavy atom. The summed E-state index contributed by atoms with van der Waals surface area (Å²) in [6, 6.07) is 55.9. The van der Waals surface area contributed by atoms with Crippen LogP contribution in [0.3, 0.4) is 0 Å². The Hall–Kier alpha value is -5.00. The van der Waals surface area contributed by atoms with Gasteiger partial charge >= 0.3 is 0 Å². The molecule has 0 radical (unpaired) electrons. The maximum Gasteiger partial charge on any atom is 0.0555 e. The summed E-state index contributed by atoms with van der Waals surface area (Å²) in [6.07, 6.45) is 0. The van der Waals surface area contributed by atoms with Gasteiger partial charge in [-0.2, -0.15) is 0 Å². The van der Waals surface area contributed by atoms with E-state index in [1.807, 2.05) is 34.0 Å². The molecule has 10 rings (SSSR count). The number of hydrogen-bond donors (Lipinski definition) is 0. The molecule has 0 amide bonds. The number of benzene rings is 7. The molecule has 0 atom stereocenters. The van der Waals surface area contributed by atoms with Crippen molar-refractivity contribution in [3.05, 3.63) is 152 Å². The van der Waals surface area contributed by atoms with Crippen LogP contribution in [0.15, 0.2) is 152 Å². The van der Waals surface area contributed by atoms with Crippen LogP contribution in [0.5, 0.6) is 0 Å². The van der Waals surface area contributed by atoms with Crippen molar-refractivity contribution in [2.24, 2.45) is 0 Å². The average molecular weight is 640 g/mol. The van der Waals surface area contributed by atoms with Gasteiger partial charge in [-0.15, -0.1) is 34.0 Å². The fourth-order valence-electron chi connectivity index (χ4n) is 6.98. The van der Waals surface area contributed by atoms with Crippen LogP contribution in [0.2, 0.25) is 0 Å². The minimum absolute atomic E-state index is 1.17. The first kappa shape index (κ1) is 26.2. The highest BCUT2D eigenvalue weighted by Gasteiger charge is 2.22. The van der Waals surface area contributed by atoms with E-state index >= 15 is 0 Å². The molecule has 0 bridgehead atoms. The first-order chi connectivity index (χ1) is 22.8. The van der Waals surface area contributed by atoms with Gasteiger partial charge in [0.1, 0.15) is 0 Å². The van der Waals surface area contributed by atoms with Gasteiger partial charge in [0.2, 0.25) is 0 Å². The molecule has 0 fully saturated rings. The van der Waals surface area contributed by atoms with E-state index in [1.54, 1.807) is 0 Å². The van der Waals surface area contributed by atoms with Crippen molar-refractivity contribution < 1.29 is 0 Å². The summed E-state index contributed by atoms with van der Waals surface area (Å²) in [5.74, 6) is 0. The van der Waals surface area contributed by atoms with Crippen LogP contribution in [0.4, 0.5) is 17.1 Å². The van der Waals surface area contributed by atoms with E-state index in [-0.39, 0.29) is 0 Å². The lowest BCUT2D eigenvalue weighted by Gasteiger charge is -2.27. The second kappa shape index (κ2) is 10.3. The number of anilines is 3. The summed E-state index contributed by atoms with van der Waals surface area (Å²) in [6.45, 7) is 0. The minimum atomic E-state index is 1.17. The monoisotopic (exact) mass is 639 g/mol. The fourth-order valence-corrected chi connectivity index (χ4v) is 10.5. The molecule has 3 heterocycles. The van der Waals surface area contributed by atoms with Crippen LogP contribution < -0.4 is 4.90 Å². The Morgan fingerprint density at radius 1 is 0.370 bits per heavy atom. The second-order valence-corrected chi connectivity index (χ2v) is 14.9. The van der Waals surface area contributed by atoms with Crippen molar-refractivity contribution in [3.8, 4) is 11.1 Å². The third kappa shape index (κ3) is 3.98. The van der Waals surface area contributed by atoms with Gasteiger partial charge in [0.05, 0.1) is 5.69 Å². The summed E-state index contributed by atoms with van der Waals surface area (Å²) in [4.78, 5) is 2.49. The SMILES string of the molecule is c1ccc(-c2ccc(N(c3ccc4c(c3)sc3ccccc34)c3ccc4sc5ccccc5c4c3)c3c2sc2ccccc23)cc1. The highest BCUT2D eigenvalue weighted by atomic mass is 32.1. The minimum Gasteiger partial charge on any atom is -0.310 e. The summed E-state index contributed by atoms with van der Waals surface area (Å²) >= 11 is 5.64. The third-order valence-electron chi connectivity index (χ3n) is 9.07. The molecule has 0 aliphatic heterocycles. The van der Waals surface area contributed by atoms with Gasteiger partial charge in [-0.05, 0) is 65.7 Å². The number of hydrogen-bond acceptors (Lipinski definition) is 4. The topological polar surface area (TPSA) is 3.24 Å². The Labute approximate surface area is 277 Å². The van der Waals surface area contributed by atoms with E-state index in [4.69, 9.17) is 0 Å². The summed E-state index contributed by atoms with van der Waals surface area (Å²) in [7, 11) is 0. The maximum absolute atomic E-state index is 2.49. The average Bonchev–Trinajstić information content (AvgIpc) is 3.80. The normalized spacial score (nSPS) is 11.9. The highest BCUT2D eigenvalue weighted by Crippen LogP contribution is 2.50. The molecule has 3 aromatic heterocycles. The zero-order chi connectivity index (χ0) is 30.2. The zero-order valence-electron chi connectivity index (χ0n) is 24.6. The molecule has 0 saturated carbocycles. The van der Waals surface area contributed by atoms with Crippen LogP contribution in [0.25, 0.3) is 71.6 Å². The summed E-state index contributed by atoms with van der Waals surface area (Å²) in [5, 5.41) is 7.85. The van der Waals surface area contributed by atoms with Gasteiger partial charge < -0.3 is 4.90 Å². The number of nitrogens with zero attached hydrogens (tertiary/aromatic N) is 1. The van der Waals surface area contributed by atoms with Crippen LogP contribution in [0, 0.1) is 0 Å². The first-order valence-electron chi connectivity index (χ1n) is 15.4. The molecule has 0 aliphatic carbocycles. The largest absolute Gasteiger partial charge is 0.310 e. The number of fused-ring (bicyclic) bond motifs is 9. The molecule has 0 aliphatic rings. The molecule has 0 saturated heterocycles. The van der Waals surface area contributed by atoms with Gasteiger partial charge in [-0.3, -0.25) is 0 Å². The van der Waals surface area contributed by atoms with Gasteiger partial charge in [-0.1, -0.05) is 97.1 Å². The summed E-state index contributed by atoms with van der Waals surface area (Å²) in [5.41, 5.74) is 6.06. The molecule has 0 unspecified atom stereocenters. The lowest BCUT2D eigenvalue weighted by Crippen LogP contribution is -2.10. The predicted molar refractivity (Wildman–Crippen MR) is 205 cm³/mol. The van der Waals surface area contributed by atoms with E-state index in [0.717, 1.165) is 0 Å². The zero-order valence-corrected chi connectivity index (χ0v) is 27.1. The molecular weight excluding hydrogens is 615 g/mol. The molecular formula is C42H25NS3. The lowest BCUT2D eigenvalue weighted by molar-refractivity contribution is 1.32. The molecule has 10 aromatic rings. The van der Waals surface area contributed by atoms with Gasteiger partial charge in [0.25, 0.3) is 0 Å². The van der Waals surface area contributed by atoms with Gasteiger partial charge in [0.15, 0.2) is 0 Å². The molecule has 0 N–H and O–H groups in total. The molecule has 4 heteroatoms. The third-order valence-corrected chi connectivity index (χ3v) is 12.6. The maximum atomic E-state index is 2.49. The quantitative estimate of drug-likeness (QED) is 0.185. The van der Waals surface area contributed by atoms with E-state index < -0.39 is 0 Å². The smallest absolute Gasteiger partial charge is 0.0555 e. The van der Waals surface area contributed by atoms with Crippen molar-refractivity contribution in [1.82, 2.24) is 0 Å². The lowest BCUT2D eigenvalue weighted by atomic mass is 10.00. The fraction of sp³-hybridized carbons (Fsp3) is 0. The van der Waals surface area contributed by atoms with Crippen molar-refractivity contribution in [2.75, 3.05) is 4.90 Å². The van der Waals surface area contributed by atoms with Crippen LogP contribution >= 0.6 is 34.0 Å². The molecule has 46 heavy (non-hydrogen) atoms. The van der Waals surface area contributed by atoms with Crippen molar-refractivity contribution in [1.29, 1.82) is 0 Å². The van der Waals surface area contributed by atoms with Gasteiger partial charge in [-0.25, -0.2) is 0 Å². The number of thiophene rings is 3. The summed E-state index contributed by atoms with van der Waals surface area (Å²) < 4.78 is 7.90. The highest BCUT2D eigenvalue weighted by molar-refractivity contribution is 7.27. The van der Waals surface area contributed by atoms with E-state index in [0.29, 0.717) is 0 Å². The van der Waals surface area contributed by atoms with Crippen molar-refractivity contribution in [2.45, 2.75) is 0 Å². The van der Waals surface area contributed by atoms with Crippen LogP contribution in [-0.2, 0) is 0 Å². The Bertz CT molecular complexity index is 2760. The van der Waals surface area contributed by atoms with E-state index in [1.165, 1.54) is 88.7 Å². The van der Waals surface area contributed by atoms with E-state index in [9.17, 15) is 0 Å². The first-order valence-corrected chi connectivity index (χ1v) is 17.9. The second-order valence-electron chi connectivity index (χ2n) is 11.7. The van der Waals surface area contributed by atoms with E-state index in [2.05, 4.69) is 157 Å². The predicted octanol–water partition coefficient (Wildman–Crippen LogP) is 13.9. The molecule has 0 spiro atoms. The standard InChI is InChI=1S/C42H25NS3/c1-2-10-26(11-3-1)29-21-22-35(41-33-14-6-9-17-38(33)46-42(29)41)43(27-19-23-39-34(24-27)31-13-5-8-16-37(31)44-39)28-18-20-32-30-12-4-7-15-36(30)45-40(32)25-28/h1-25H. The molecule has 216 valence electrons. The molecule has 7 aromatic carbocycles. The van der Waals surface area contributed by atoms with Crippen molar-refractivity contribution >= 4 is 112 Å². The Balaban J connectivity index is 1.29. The number of rotatable bonds is 4. The van der Waals surface area contributed by atoms with Gasteiger partial charge in [0, 0.05) is 71.9 Å². The van der Waals surface area contributed by atoms with Crippen LogP contribution in [0.1, 0.15) is 0 Å². The Kier molecular flexibility index (Phi) is 5.85. The molecule has 1 nitrogen and oxygen atoms in total. The van der Waals surface area contributed by atoms with Crippen molar-refractivity contribution in [3.63, 3.8) is 0 Å².